The van der Waals surface area contributed by atoms with Crippen LogP contribution in [0.15, 0.2) is 90.1 Å². The van der Waals surface area contributed by atoms with E-state index in [1.54, 1.807) is 24.4 Å². The zero-order chi connectivity index (χ0) is 29.6. The second-order valence-electron chi connectivity index (χ2n) is 12.1. The molecule has 3 atom stereocenters. The van der Waals surface area contributed by atoms with Gasteiger partial charge in [-0.05, 0) is 65.5 Å². The molecule has 0 radical (unpaired) electrons. The van der Waals surface area contributed by atoms with Gasteiger partial charge in [0.1, 0.15) is 5.82 Å². The summed E-state index contributed by atoms with van der Waals surface area (Å²) in [7, 11) is -1.89. The van der Waals surface area contributed by atoms with Crippen molar-refractivity contribution in [3.05, 3.63) is 113 Å². The quantitative estimate of drug-likeness (QED) is 0.286. The molecule has 1 fully saturated rings. The smallest absolute Gasteiger partial charge is 0.241 e. The number of rotatable bonds is 8. The number of amides is 1. The van der Waals surface area contributed by atoms with Crippen molar-refractivity contribution in [3.63, 3.8) is 0 Å². The number of benzene rings is 3. The molecule has 0 saturated heterocycles. The highest BCUT2D eigenvalue weighted by Gasteiger charge is 2.46. The zero-order valence-corrected chi connectivity index (χ0v) is 25.7. The van der Waals surface area contributed by atoms with E-state index >= 15 is 0 Å². The summed E-state index contributed by atoms with van der Waals surface area (Å²) in [6.07, 6.45) is 5.88. The fourth-order valence-electron chi connectivity index (χ4n) is 6.16. The maximum absolute atomic E-state index is 14.1. The normalized spacial score (nSPS) is 21.0. The molecule has 42 heavy (non-hydrogen) atoms. The van der Waals surface area contributed by atoms with E-state index in [4.69, 9.17) is 11.6 Å². The lowest BCUT2D eigenvalue weighted by Crippen LogP contribution is -2.37. The summed E-state index contributed by atoms with van der Waals surface area (Å²) in [6, 6.07) is 22.3. The van der Waals surface area contributed by atoms with Gasteiger partial charge in [0.2, 0.25) is 21.0 Å². The van der Waals surface area contributed by atoms with Crippen molar-refractivity contribution < 1.29 is 24.8 Å². The van der Waals surface area contributed by atoms with E-state index in [9.17, 15) is 13.2 Å². The monoisotopic (exact) mass is 603 g/mol. The van der Waals surface area contributed by atoms with E-state index in [1.165, 1.54) is 11.6 Å². The van der Waals surface area contributed by atoms with Gasteiger partial charge in [-0.2, -0.15) is 0 Å². The van der Waals surface area contributed by atoms with Crippen molar-refractivity contribution in [2.45, 2.75) is 61.9 Å². The molecule has 1 N–H and O–H groups in total. The van der Waals surface area contributed by atoms with E-state index in [2.05, 4.69) is 41.8 Å². The second kappa shape index (κ2) is 11.0. The van der Waals surface area contributed by atoms with Gasteiger partial charge in [0.15, 0.2) is 11.6 Å². The van der Waals surface area contributed by atoms with Crippen LogP contribution in [-0.2, 0) is 33.8 Å². The number of hydrogen-bond acceptors (Lipinski definition) is 4. The first-order chi connectivity index (χ1) is 20.0. The Morgan fingerprint density at radius 2 is 1.88 bits per heavy atom. The fraction of sp³-hybridized carbons (Fsp3) is 0.333. The molecule has 218 valence electrons. The standard InChI is InChI=1S/C33H36ClN4O3S/c1-33(2)15-14-30(36-42(40,41)25-11-7-10-23(34)18-25)28-19-24(12-13-29(28)33)38(21-31-35-16-17-37(31)3)32(39)27-20-26(27)22-8-5-4-6-9-22/h4-13,16-19,26-27,30,34,36H,14-15,20-21H2,1-3H3/q+1/t26-,27+,30-/m0/s1. The molecule has 6 rings (SSSR count). The molecule has 1 saturated carbocycles. The number of carbonyl (C=O) groups excluding carboxylic acids is 1. The molecular formula is C33H36ClN4O3S+. The first-order valence-electron chi connectivity index (χ1n) is 14.3. The van der Waals surface area contributed by atoms with Gasteiger partial charge in [-0.15, -0.1) is 0 Å². The Labute approximate surface area is 252 Å². The van der Waals surface area contributed by atoms with Gasteiger partial charge in [-0.3, -0.25) is 4.79 Å². The van der Waals surface area contributed by atoms with Crippen LogP contribution >= 0.6 is 0 Å². The molecule has 7 nitrogen and oxygen atoms in total. The van der Waals surface area contributed by atoms with Crippen molar-refractivity contribution in [3.8, 4) is 0 Å². The van der Waals surface area contributed by atoms with E-state index < -0.39 is 16.1 Å². The number of aryl methyl sites for hydroxylation is 1. The number of aromatic nitrogens is 2. The molecule has 0 aliphatic heterocycles. The Balaban J connectivity index is 1.36. The molecule has 2 aliphatic rings. The molecule has 1 amide bonds. The Morgan fingerprint density at radius 1 is 1.10 bits per heavy atom. The minimum absolute atomic E-state index is 0.0567. The first kappa shape index (κ1) is 28.6. The molecule has 0 bridgehead atoms. The van der Waals surface area contributed by atoms with Crippen molar-refractivity contribution in [2.75, 3.05) is 4.90 Å². The lowest BCUT2D eigenvalue weighted by atomic mass is 9.71. The van der Waals surface area contributed by atoms with Gasteiger partial charge >= 0.3 is 0 Å². The van der Waals surface area contributed by atoms with Gasteiger partial charge in [0.05, 0.1) is 11.4 Å². The van der Waals surface area contributed by atoms with Crippen LogP contribution in [0.25, 0.3) is 0 Å². The number of nitrogens with zero attached hydrogens (tertiary/aromatic N) is 3. The van der Waals surface area contributed by atoms with E-state index in [0.717, 1.165) is 35.5 Å². The lowest BCUT2D eigenvalue weighted by Gasteiger charge is -2.38. The van der Waals surface area contributed by atoms with E-state index in [1.807, 2.05) is 53.0 Å². The average molecular weight is 604 g/mol. The minimum Gasteiger partial charge on any atom is -0.337 e. The summed E-state index contributed by atoms with van der Waals surface area (Å²) in [5.74, 6) is 0.916. The third-order valence-corrected chi connectivity index (χ3v) is 10.5. The number of imidazole rings is 1. The maximum Gasteiger partial charge on any atom is 0.241 e. The summed E-state index contributed by atoms with van der Waals surface area (Å²) in [6.45, 7) is 4.69. The number of hydrogen-bond donors (Lipinski definition) is 1. The van der Waals surface area contributed by atoms with E-state index in [0.29, 0.717) is 18.0 Å². The first-order valence-corrected chi connectivity index (χ1v) is 16.2. The molecule has 2 aliphatic carbocycles. The summed E-state index contributed by atoms with van der Waals surface area (Å²) >= 11 is 5.22. The molecule has 0 unspecified atom stereocenters. The summed E-state index contributed by atoms with van der Waals surface area (Å²) in [5.41, 5.74) is 3.77. The highest BCUT2D eigenvalue weighted by atomic mass is 35.5. The van der Waals surface area contributed by atoms with Crippen molar-refractivity contribution >= 4 is 21.6 Å². The van der Waals surface area contributed by atoms with E-state index in [-0.39, 0.29) is 28.1 Å². The van der Waals surface area contributed by atoms with Gasteiger partial charge in [-0.1, -0.05) is 56.3 Å². The molecule has 3 aromatic carbocycles. The predicted molar refractivity (Wildman–Crippen MR) is 160 cm³/mol. The van der Waals surface area contributed by atoms with Crippen LogP contribution < -0.4 is 9.62 Å². The lowest BCUT2D eigenvalue weighted by molar-refractivity contribution is -0.289. The molecule has 9 heteroatoms. The summed E-state index contributed by atoms with van der Waals surface area (Å²) in [4.78, 5) is 20.6. The van der Waals surface area contributed by atoms with Crippen molar-refractivity contribution in [1.82, 2.24) is 14.3 Å². The topological polar surface area (TPSA) is 84.3 Å². The predicted octanol–water partition coefficient (Wildman–Crippen LogP) is 5.54. The fourth-order valence-corrected chi connectivity index (χ4v) is 7.74. The number of anilines is 1. The van der Waals surface area contributed by atoms with Crippen LogP contribution in [0, 0.1) is 17.5 Å². The average Bonchev–Trinajstić information content (AvgIpc) is 3.68. The number of halogens is 1. The van der Waals surface area contributed by atoms with Crippen LogP contribution in [0.2, 0.25) is 5.02 Å². The number of fused-ring (bicyclic) bond motifs is 1. The Bertz CT molecular complexity index is 1730. The summed E-state index contributed by atoms with van der Waals surface area (Å²) in [5, 5.41) is 0.475. The maximum atomic E-state index is 14.1. The highest BCUT2D eigenvalue weighted by molar-refractivity contribution is 7.89. The highest BCUT2D eigenvalue weighted by Crippen LogP contribution is 2.49. The zero-order valence-electron chi connectivity index (χ0n) is 24.0. The third-order valence-electron chi connectivity index (χ3n) is 8.74. The Kier molecular flexibility index (Phi) is 7.50. The van der Waals surface area contributed by atoms with Crippen molar-refractivity contribution in [1.29, 1.82) is 0 Å². The second-order valence-corrected chi connectivity index (χ2v) is 14.3. The molecule has 1 heterocycles. The van der Waals surface area contributed by atoms with Crippen LogP contribution in [0.3, 0.4) is 0 Å². The molecular weight excluding hydrogens is 568 g/mol. The third kappa shape index (κ3) is 5.63. The van der Waals surface area contributed by atoms with Gasteiger partial charge < -0.3 is 9.47 Å². The summed E-state index contributed by atoms with van der Waals surface area (Å²) < 4.78 is 31.7. The molecule has 0 spiro atoms. The minimum atomic E-state index is -3.81. The Hall–Kier alpha value is -3.46. The number of sulfonamides is 1. The molecule has 4 aromatic rings. The van der Waals surface area contributed by atoms with Crippen LogP contribution in [-0.4, -0.2) is 23.9 Å². The molecule has 1 aromatic heterocycles. The van der Waals surface area contributed by atoms with Gasteiger partial charge in [0, 0.05) is 49.2 Å². The van der Waals surface area contributed by atoms with Crippen LogP contribution in [0.4, 0.5) is 5.69 Å². The van der Waals surface area contributed by atoms with Crippen molar-refractivity contribution in [2.24, 2.45) is 13.0 Å². The van der Waals surface area contributed by atoms with Gasteiger partial charge in [0.25, 0.3) is 0 Å². The largest absolute Gasteiger partial charge is 0.337 e. The number of carbonyl (C=O) groups is 1. The SMILES string of the molecule is Cn1ccnc1CN(C(=O)[C@@H]1C[C@H]1c1ccccc1)c1ccc2c(c1)[C@@H](NS(=O)(=O)c1cccc([ClH+])c1)CCC2(C)C. The Morgan fingerprint density at radius 3 is 2.60 bits per heavy atom. The number of nitrogens with one attached hydrogen (secondary N) is 1. The van der Waals surface area contributed by atoms with Crippen LogP contribution in [0.1, 0.15) is 67.6 Å². The van der Waals surface area contributed by atoms with Gasteiger partial charge in [-0.25, -0.2) is 18.1 Å². The van der Waals surface area contributed by atoms with Crippen LogP contribution in [0.5, 0.6) is 0 Å².